The summed E-state index contributed by atoms with van der Waals surface area (Å²) >= 11 is 0. The first-order chi connectivity index (χ1) is 12.2. The van der Waals surface area contributed by atoms with Crippen LogP contribution in [0.15, 0.2) is 61.1 Å². The number of nitrogens with two attached hydrogens (primary N) is 1. The second kappa shape index (κ2) is 7.77. The number of nitrogens with zero attached hydrogens (tertiary/aromatic N) is 1. The Morgan fingerprint density at radius 3 is 2.72 bits per heavy atom. The Morgan fingerprint density at radius 1 is 1.24 bits per heavy atom. The molecule has 0 fully saturated rings. The van der Waals surface area contributed by atoms with Gasteiger partial charge in [0.1, 0.15) is 5.75 Å². The SMILES string of the molecule is COc1cc(CC(=O)[C@@H](N)Cc2cnc[nH]2)ccc1-c1ccccc1. The van der Waals surface area contributed by atoms with Gasteiger partial charge >= 0.3 is 0 Å². The van der Waals surface area contributed by atoms with E-state index >= 15 is 0 Å². The number of carbonyl (C=O) groups is 1. The van der Waals surface area contributed by atoms with Crippen LogP contribution in [0.3, 0.4) is 0 Å². The topological polar surface area (TPSA) is 81.0 Å². The van der Waals surface area contributed by atoms with Crippen LogP contribution in [0.2, 0.25) is 0 Å². The minimum absolute atomic E-state index is 0.0101. The minimum Gasteiger partial charge on any atom is -0.496 e. The first-order valence-electron chi connectivity index (χ1n) is 8.15. The van der Waals surface area contributed by atoms with E-state index in [1.807, 2.05) is 48.5 Å². The van der Waals surface area contributed by atoms with Crippen LogP contribution in [0.25, 0.3) is 11.1 Å². The third-order valence-electron chi connectivity index (χ3n) is 4.14. The number of benzene rings is 2. The summed E-state index contributed by atoms with van der Waals surface area (Å²) in [5.41, 5.74) is 9.85. The smallest absolute Gasteiger partial charge is 0.154 e. The van der Waals surface area contributed by atoms with Crippen molar-refractivity contribution in [1.29, 1.82) is 0 Å². The summed E-state index contributed by atoms with van der Waals surface area (Å²) in [6.45, 7) is 0. The molecule has 0 saturated heterocycles. The van der Waals surface area contributed by atoms with Crippen LogP contribution >= 0.6 is 0 Å². The van der Waals surface area contributed by atoms with Crippen molar-refractivity contribution in [3.63, 3.8) is 0 Å². The normalized spacial score (nSPS) is 11.9. The van der Waals surface area contributed by atoms with Gasteiger partial charge in [0.15, 0.2) is 5.78 Å². The fourth-order valence-corrected chi connectivity index (χ4v) is 2.78. The molecular weight excluding hydrogens is 314 g/mol. The van der Waals surface area contributed by atoms with Gasteiger partial charge in [0.2, 0.25) is 0 Å². The zero-order valence-corrected chi connectivity index (χ0v) is 14.1. The number of ketones is 1. The van der Waals surface area contributed by atoms with E-state index in [0.717, 1.165) is 28.1 Å². The minimum atomic E-state index is -0.555. The van der Waals surface area contributed by atoms with Crippen molar-refractivity contribution in [3.8, 4) is 16.9 Å². The summed E-state index contributed by atoms with van der Waals surface area (Å²) < 4.78 is 5.51. The highest BCUT2D eigenvalue weighted by atomic mass is 16.5. The van der Waals surface area contributed by atoms with Crippen molar-refractivity contribution >= 4 is 5.78 Å². The molecule has 5 heteroatoms. The number of methoxy groups -OCH3 is 1. The van der Waals surface area contributed by atoms with Gasteiger partial charge < -0.3 is 15.5 Å². The molecule has 0 bridgehead atoms. The molecule has 1 atom stereocenters. The van der Waals surface area contributed by atoms with Crippen LogP contribution < -0.4 is 10.5 Å². The largest absolute Gasteiger partial charge is 0.496 e. The van der Waals surface area contributed by atoms with Crippen LogP contribution in [0.5, 0.6) is 5.75 Å². The zero-order valence-electron chi connectivity index (χ0n) is 14.1. The van der Waals surface area contributed by atoms with E-state index in [1.54, 1.807) is 19.6 Å². The molecule has 0 unspecified atom stereocenters. The number of rotatable bonds is 7. The predicted octanol–water partition coefficient (Wildman–Crippen LogP) is 2.77. The maximum absolute atomic E-state index is 12.4. The second-order valence-electron chi connectivity index (χ2n) is 5.93. The third-order valence-corrected chi connectivity index (χ3v) is 4.14. The number of nitrogens with one attached hydrogen (secondary N) is 1. The van der Waals surface area contributed by atoms with Crippen LogP contribution in [0.1, 0.15) is 11.3 Å². The van der Waals surface area contributed by atoms with Gasteiger partial charge in [-0.25, -0.2) is 4.98 Å². The molecule has 2 aromatic carbocycles. The van der Waals surface area contributed by atoms with E-state index in [0.29, 0.717) is 6.42 Å². The molecule has 0 spiro atoms. The van der Waals surface area contributed by atoms with Gasteiger partial charge in [0.25, 0.3) is 0 Å². The first-order valence-corrected chi connectivity index (χ1v) is 8.15. The Hall–Kier alpha value is -2.92. The molecule has 3 N–H and O–H groups in total. The number of aromatic nitrogens is 2. The van der Waals surface area contributed by atoms with Crippen molar-refractivity contribution in [2.24, 2.45) is 5.73 Å². The molecule has 0 saturated carbocycles. The summed E-state index contributed by atoms with van der Waals surface area (Å²) in [5.74, 6) is 0.739. The Bertz CT molecular complexity index is 829. The molecule has 0 amide bonds. The van der Waals surface area contributed by atoms with E-state index in [1.165, 1.54) is 0 Å². The van der Waals surface area contributed by atoms with E-state index in [9.17, 15) is 4.79 Å². The van der Waals surface area contributed by atoms with E-state index in [-0.39, 0.29) is 12.2 Å². The summed E-state index contributed by atoms with van der Waals surface area (Å²) in [6, 6.07) is 15.3. The maximum Gasteiger partial charge on any atom is 0.154 e. The molecular formula is C20H21N3O2. The molecule has 5 nitrogen and oxygen atoms in total. The maximum atomic E-state index is 12.4. The van der Waals surface area contributed by atoms with Gasteiger partial charge in [-0.1, -0.05) is 42.5 Å². The van der Waals surface area contributed by atoms with Crippen molar-refractivity contribution < 1.29 is 9.53 Å². The van der Waals surface area contributed by atoms with Gasteiger partial charge in [0.05, 0.1) is 19.5 Å². The van der Waals surface area contributed by atoms with Gasteiger partial charge in [-0.05, 0) is 17.2 Å². The fourth-order valence-electron chi connectivity index (χ4n) is 2.78. The Labute approximate surface area is 146 Å². The molecule has 0 radical (unpaired) electrons. The lowest BCUT2D eigenvalue weighted by Crippen LogP contribution is -2.34. The molecule has 0 aliphatic rings. The quantitative estimate of drug-likeness (QED) is 0.696. The van der Waals surface area contributed by atoms with Crippen LogP contribution in [0.4, 0.5) is 0 Å². The highest BCUT2D eigenvalue weighted by Crippen LogP contribution is 2.30. The summed E-state index contributed by atoms with van der Waals surface area (Å²) in [5, 5.41) is 0. The molecule has 128 valence electrons. The number of ether oxygens (including phenoxy) is 1. The number of hydrogen-bond acceptors (Lipinski definition) is 4. The molecule has 0 aliphatic carbocycles. The van der Waals surface area contributed by atoms with Gasteiger partial charge in [-0.3, -0.25) is 4.79 Å². The van der Waals surface area contributed by atoms with Gasteiger partial charge in [-0.15, -0.1) is 0 Å². The Kier molecular flexibility index (Phi) is 5.26. The van der Waals surface area contributed by atoms with Crippen LogP contribution in [-0.2, 0) is 17.6 Å². The van der Waals surface area contributed by atoms with Crippen molar-refractivity contribution in [2.45, 2.75) is 18.9 Å². The standard InChI is InChI=1S/C20H21N3O2/c1-25-20-10-14(7-8-17(20)15-5-3-2-4-6-15)9-19(24)18(21)11-16-12-22-13-23-16/h2-8,10,12-13,18H,9,11,21H2,1H3,(H,22,23)/t18-/m0/s1. The number of carbonyl (C=O) groups excluding carboxylic acids is 1. The molecule has 3 aromatic rings. The number of H-pyrrole nitrogens is 1. The van der Waals surface area contributed by atoms with Gasteiger partial charge in [-0.2, -0.15) is 0 Å². The number of imidazole rings is 1. The monoisotopic (exact) mass is 335 g/mol. The van der Waals surface area contributed by atoms with Gasteiger partial charge in [0, 0.05) is 30.3 Å². The third kappa shape index (κ3) is 4.14. The lowest BCUT2D eigenvalue weighted by molar-refractivity contribution is -0.119. The second-order valence-corrected chi connectivity index (χ2v) is 5.93. The Balaban J connectivity index is 1.73. The lowest BCUT2D eigenvalue weighted by atomic mass is 9.97. The lowest BCUT2D eigenvalue weighted by Gasteiger charge is -2.13. The highest BCUT2D eigenvalue weighted by Gasteiger charge is 2.16. The molecule has 1 heterocycles. The zero-order chi connectivity index (χ0) is 17.6. The molecule has 25 heavy (non-hydrogen) atoms. The van der Waals surface area contributed by atoms with Crippen LogP contribution in [-0.4, -0.2) is 28.9 Å². The number of hydrogen-bond donors (Lipinski definition) is 2. The fraction of sp³-hybridized carbons (Fsp3) is 0.200. The van der Waals surface area contributed by atoms with E-state index in [2.05, 4.69) is 9.97 Å². The number of Topliss-reactive ketones (excluding diaryl/α,β-unsaturated/α-hetero) is 1. The summed E-state index contributed by atoms with van der Waals surface area (Å²) in [7, 11) is 1.64. The van der Waals surface area contributed by atoms with E-state index in [4.69, 9.17) is 10.5 Å². The molecule has 1 aromatic heterocycles. The average Bonchev–Trinajstić information content (AvgIpc) is 3.15. The first kappa shape index (κ1) is 16.9. The molecule has 0 aliphatic heterocycles. The van der Waals surface area contributed by atoms with Crippen molar-refractivity contribution in [1.82, 2.24) is 9.97 Å². The van der Waals surface area contributed by atoms with E-state index < -0.39 is 6.04 Å². The number of aromatic amines is 1. The Morgan fingerprint density at radius 2 is 2.04 bits per heavy atom. The summed E-state index contributed by atoms with van der Waals surface area (Å²) in [4.78, 5) is 19.3. The molecule has 3 rings (SSSR count). The highest BCUT2D eigenvalue weighted by molar-refractivity contribution is 5.86. The summed E-state index contributed by atoms with van der Waals surface area (Å²) in [6.07, 6.45) is 4.00. The predicted molar refractivity (Wildman–Crippen MR) is 97.4 cm³/mol. The van der Waals surface area contributed by atoms with Crippen LogP contribution in [0, 0.1) is 0 Å². The van der Waals surface area contributed by atoms with Crippen molar-refractivity contribution in [3.05, 3.63) is 72.3 Å². The van der Waals surface area contributed by atoms with Crippen molar-refractivity contribution in [2.75, 3.05) is 7.11 Å². The average molecular weight is 335 g/mol.